The zero-order valence-corrected chi connectivity index (χ0v) is 13.7. The molecule has 126 valence electrons. The number of benzene rings is 1. The van der Waals surface area contributed by atoms with Gasteiger partial charge in [0.05, 0.1) is 12.8 Å². The molecule has 1 fully saturated rings. The third-order valence-corrected chi connectivity index (χ3v) is 3.72. The average Bonchev–Trinajstić information content (AvgIpc) is 2.53. The van der Waals surface area contributed by atoms with E-state index in [1.807, 2.05) is 24.3 Å². The summed E-state index contributed by atoms with van der Waals surface area (Å²) < 4.78 is 5.80. The van der Waals surface area contributed by atoms with E-state index >= 15 is 0 Å². The molecule has 2 rings (SSSR count). The van der Waals surface area contributed by atoms with Crippen LogP contribution >= 0.6 is 0 Å². The summed E-state index contributed by atoms with van der Waals surface area (Å²) in [6.07, 6.45) is 2.62. The van der Waals surface area contributed by atoms with E-state index in [2.05, 4.69) is 27.1 Å². The van der Waals surface area contributed by atoms with Crippen molar-refractivity contribution in [1.82, 2.24) is 9.80 Å². The summed E-state index contributed by atoms with van der Waals surface area (Å²) in [5.41, 5.74) is 11.3. The fourth-order valence-electron chi connectivity index (χ4n) is 2.40. The van der Waals surface area contributed by atoms with Crippen LogP contribution < -0.4 is 16.2 Å². The Labute approximate surface area is 137 Å². The number of ether oxygens (including phenoxy) is 1. The van der Waals surface area contributed by atoms with Gasteiger partial charge in [-0.3, -0.25) is 0 Å². The highest BCUT2D eigenvalue weighted by molar-refractivity contribution is 5.81. The van der Waals surface area contributed by atoms with Gasteiger partial charge in [-0.25, -0.2) is 0 Å². The molecular weight excluding hydrogens is 292 g/mol. The van der Waals surface area contributed by atoms with Gasteiger partial charge in [0.15, 0.2) is 0 Å². The number of nitrogens with two attached hydrogens (primary N) is 2. The minimum absolute atomic E-state index is 0.0578. The summed E-state index contributed by atoms with van der Waals surface area (Å²) in [6.45, 7) is 6.39. The van der Waals surface area contributed by atoms with Gasteiger partial charge in [0.1, 0.15) is 5.75 Å². The maximum Gasteiger partial charge on any atom is 0.211 e. The van der Waals surface area contributed by atoms with Gasteiger partial charge in [0, 0.05) is 32.7 Å². The summed E-state index contributed by atoms with van der Waals surface area (Å²) in [5.74, 6) is 0.773. The lowest BCUT2D eigenvalue weighted by molar-refractivity contribution is 0.145. The van der Waals surface area contributed by atoms with Crippen molar-refractivity contribution in [3.8, 4) is 5.75 Å². The van der Waals surface area contributed by atoms with E-state index < -0.39 is 0 Å². The minimum atomic E-state index is -0.0578. The lowest BCUT2D eigenvalue weighted by atomic mass is 10.2. The van der Waals surface area contributed by atoms with Crippen LogP contribution in [0, 0.1) is 0 Å². The van der Waals surface area contributed by atoms with Gasteiger partial charge in [-0.15, -0.1) is 5.10 Å². The Bertz CT molecular complexity index is 533. The van der Waals surface area contributed by atoms with Crippen LogP contribution in [0.2, 0.25) is 0 Å². The summed E-state index contributed by atoms with van der Waals surface area (Å²) in [4.78, 5) is 4.85. The predicted molar refractivity (Wildman–Crippen MR) is 93.9 cm³/mol. The molecule has 0 unspecified atom stereocenters. The zero-order chi connectivity index (χ0) is 16.5. The SMILES string of the molecule is CN1CCN(CCCOc2cccc(C=NN=C(N)N)c2)CC1. The standard InChI is InChI=1S/C16H26N6O/c1-21-7-9-22(10-8-21)6-3-11-23-15-5-2-4-14(12-15)13-19-20-16(17)18/h2,4-5,12-13H,3,6-11H2,1H3,(H4,17,18,20). The van der Waals surface area contributed by atoms with Crippen LogP contribution in [0.1, 0.15) is 12.0 Å². The van der Waals surface area contributed by atoms with Crippen LogP contribution in [0.5, 0.6) is 5.75 Å². The number of nitrogens with zero attached hydrogens (tertiary/aromatic N) is 4. The number of piperazine rings is 1. The molecule has 1 aromatic rings. The Hall–Kier alpha value is -2.12. The van der Waals surface area contributed by atoms with Crippen LogP contribution in [-0.4, -0.2) is 68.4 Å². The summed E-state index contributed by atoms with van der Waals surface area (Å²) in [6, 6.07) is 7.70. The Balaban J connectivity index is 1.71. The third kappa shape index (κ3) is 6.66. The molecule has 0 spiro atoms. The summed E-state index contributed by atoms with van der Waals surface area (Å²) in [5, 5.41) is 7.37. The Morgan fingerprint density at radius 2 is 2.04 bits per heavy atom. The van der Waals surface area contributed by atoms with E-state index in [1.54, 1.807) is 6.21 Å². The molecule has 7 nitrogen and oxygen atoms in total. The second kappa shape index (κ2) is 9.12. The van der Waals surface area contributed by atoms with Crippen molar-refractivity contribution in [1.29, 1.82) is 0 Å². The summed E-state index contributed by atoms with van der Waals surface area (Å²) in [7, 11) is 2.17. The molecule has 4 N–H and O–H groups in total. The highest BCUT2D eigenvalue weighted by atomic mass is 16.5. The molecular formula is C16H26N6O. The van der Waals surface area contributed by atoms with E-state index in [0.717, 1.165) is 50.5 Å². The van der Waals surface area contributed by atoms with Crippen molar-refractivity contribution in [2.45, 2.75) is 6.42 Å². The Morgan fingerprint density at radius 3 is 2.78 bits per heavy atom. The first kappa shape index (κ1) is 17.2. The van der Waals surface area contributed by atoms with Crippen molar-refractivity contribution in [2.24, 2.45) is 21.7 Å². The van der Waals surface area contributed by atoms with Gasteiger partial charge in [-0.1, -0.05) is 12.1 Å². The zero-order valence-electron chi connectivity index (χ0n) is 13.7. The largest absolute Gasteiger partial charge is 0.494 e. The maximum absolute atomic E-state index is 5.80. The van der Waals surface area contributed by atoms with E-state index in [4.69, 9.17) is 16.2 Å². The Kier molecular flexibility index (Phi) is 6.83. The van der Waals surface area contributed by atoms with Gasteiger partial charge in [-0.05, 0) is 31.2 Å². The number of guanidine groups is 1. The second-order valence-corrected chi connectivity index (χ2v) is 5.69. The lowest BCUT2D eigenvalue weighted by Gasteiger charge is -2.32. The second-order valence-electron chi connectivity index (χ2n) is 5.69. The first-order valence-corrected chi connectivity index (χ1v) is 7.89. The molecule has 1 heterocycles. The molecule has 23 heavy (non-hydrogen) atoms. The van der Waals surface area contributed by atoms with E-state index in [0.29, 0.717) is 6.61 Å². The van der Waals surface area contributed by atoms with E-state index in [1.165, 1.54) is 0 Å². The maximum atomic E-state index is 5.80. The molecule has 1 saturated heterocycles. The average molecular weight is 318 g/mol. The van der Waals surface area contributed by atoms with Crippen LogP contribution in [-0.2, 0) is 0 Å². The van der Waals surface area contributed by atoms with E-state index in [-0.39, 0.29) is 5.96 Å². The van der Waals surface area contributed by atoms with Crippen LogP contribution in [0.3, 0.4) is 0 Å². The third-order valence-electron chi connectivity index (χ3n) is 3.72. The monoisotopic (exact) mass is 318 g/mol. The van der Waals surface area contributed by atoms with Gasteiger partial charge in [0.2, 0.25) is 5.96 Å². The molecule has 0 atom stereocenters. The molecule has 0 aliphatic carbocycles. The molecule has 0 radical (unpaired) electrons. The van der Waals surface area contributed by atoms with Gasteiger partial charge in [0.25, 0.3) is 0 Å². The van der Waals surface area contributed by atoms with Crippen LogP contribution in [0.4, 0.5) is 0 Å². The predicted octanol–water partition coefficient (Wildman–Crippen LogP) is 0.310. The first-order valence-electron chi connectivity index (χ1n) is 7.89. The number of likely N-dealkylation sites (N-methyl/N-ethyl adjacent to an activating group) is 1. The molecule has 0 bridgehead atoms. The quantitative estimate of drug-likeness (QED) is 0.327. The van der Waals surface area contributed by atoms with Gasteiger partial charge >= 0.3 is 0 Å². The highest BCUT2D eigenvalue weighted by Gasteiger charge is 2.12. The molecule has 1 aliphatic heterocycles. The van der Waals surface area contributed by atoms with Crippen LogP contribution in [0.15, 0.2) is 34.5 Å². The fraction of sp³-hybridized carbons (Fsp3) is 0.500. The minimum Gasteiger partial charge on any atom is -0.494 e. The Morgan fingerprint density at radius 1 is 1.26 bits per heavy atom. The normalized spacial score (nSPS) is 16.6. The van der Waals surface area contributed by atoms with E-state index in [9.17, 15) is 0 Å². The van der Waals surface area contributed by atoms with Gasteiger partial charge < -0.3 is 26.0 Å². The number of rotatable bonds is 7. The smallest absolute Gasteiger partial charge is 0.211 e. The lowest BCUT2D eigenvalue weighted by Crippen LogP contribution is -2.44. The van der Waals surface area contributed by atoms with Crippen molar-refractivity contribution in [2.75, 3.05) is 46.4 Å². The molecule has 0 saturated carbocycles. The van der Waals surface area contributed by atoms with Crippen molar-refractivity contribution >= 4 is 12.2 Å². The molecule has 1 aromatic carbocycles. The molecule has 7 heteroatoms. The first-order chi connectivity index (χ1) is 11.1. The van der Waals surface area contributed by atoms with Gasteiger partial charge in [-0.2, -0.15) is 5.10 Å². The van der Waals surface area contributed by atoms with Crippen molar-refractivity contribution in [3.05, 3.63) is 29.8 Å². The van der Waals surface area contributed by atoms with Crippen molar-refractivity contribution < 1.29 is 4.74 Å². The fourth-order valence-corrected chi connectivity index (χ4v) is 2.40. The van der Waals surface area contributed by atoms with Crippen molar-refractivity contribution in [3.63, 3.8) is 0 Å². The molecule has 0 amide bonds. The van der Waals surface area contributed by atoms with Crippen LogP contribution in [0.25, 0.3) is 0 Å². The highest BCUT2D eigenvalue weighted by Crippen LogP contribution is 2.12. The summed E-state index contributed by atoms with van der Waals surface area (Å²) >= 11 is 0. The molecule has 0 aromatic heterocycles. The number of hydrogen-bond acceptors (Lipinski definition) is 5. The molecule has 1 aliphatic rings. The topological polar surface area (TPSA) is 92.5 Å². The number of hydrogen-bond donors (Lipinski definition) is 2.